The zero-order valence-electron chi connectivity index (χ0n) is 17.6. The minimum absolute atomic E-state index is 0.0578. The normalized spacial score (nSPS) is 17.3. The number of hydrogen-bond acceptors (Lipinski definition) is 5. The molecule has 0 unspecified atom stereocenters. The number of rotatable bonds is 6. The second-order valence-corrected chi connectivity index (χ2v) is 10.1. The van der Waals surface area contributed by atoms with Crippen molar-refractivity contribution in [3.8, 4) is 0 Å². The average Bonchev–Trinajstić information content (AvgIpc) is 3.02. The zero-order chi connectivity index (χ0) is 22.2. The Balaban J connectivity index is 1.29. The van der Waals surface area contributed by atoms with Crippen LogP contribution in [0.15, 0.2) is 41.3 Å². The summed E-state index contributed by atoms with van der Waals surface area (Å²) >= 11 is 6.06. The van der Waals surface area contributed by atoms with E-state index in [4.69, 9.17) is 16.7 Å². The van der Waals surface area contributed by atoms with Gasteiger partial charge in [-0.1, -0.05) is 29.8 Å². The lowest BCUT2D eigenvalue weighted by molar-refractivity contribution is 0.0770. The number of fused-ring (bicyclic) bond motifs is 1. The quantitative estimate of drug-likeness (QED) is 0.712. The van der Waals surface area contributed by atoms with E-state index in [2.05, 4.69) is 41.0 Å². The van der Waals surface area contributed by atoms with Crippen molar-refractivity contribution in [2.24, 2.45) is 5.14 Å². The van der Waals surface area contributed by atoms with Crippen molar-refractivity contribution >= 4 is 33.2 Å². The maximum atomic E-state index is 12.7. The van der Waals surface area contributed by atoms with Crippen LogP contribution in [-0.4, -0.2) is 63.4 Å². The molecule has 2 N–H and O–H groups in total. The highest BCUT2D eigenvalue weighted by atomic mass is 35.5. The number of para-hydroxylation sites is 1. The summed E-state index contributed by atoms with van der Waals surface area (Å²) in [5, 5.41) is 5.26. The minimum atomic E-state index is -3.97. The van der Waals surface area contributed by atoms with Gasteiger partial charge in [-0.3, -0.25) is 9.69 Å². The van der Waals surface area contributed by atoms with E-state index in [1.165, 1.54) is 17.3 Å². The molecule has 9 heteroatoms. The van der Waals surface area contributed by atoms with E-state index < -0.39 is 10.0 Å². The number of primary sulfonamides is 1. The molecule has 166 valence electrons. The second kappa shape index (κ2) is 8.78. The van der Waals surface area contributed by atoms with Crippen LogP contribution in [0.3, 0.4) is 0 Å². The van der Waals surface area contributed by atoms with Crippen LogP contribution >= 0.6 is 11.6 Å². The van der Waals surface area contributed by atoms with Crippen molar-refractivity contribution < 1.29 is 13.2 Å². The van der Waals surface area contributed by atoms with Crippen LogP contribution in [0.2, 0.25) is 5.02 Å². The van der Waals surface area contributed by atoms with Gasteiger partial charge < -0.3 is 9.80 Å². The molecular weight excluding hydrogens is 436 g/mol. The molecule has 7 nitrogen and oxygen atoms in total. The standard InChI is InChI=1S/C22H27ClN4O3S/c1-16-5-2-3-6-20(16)26-11-9-25(10-12-26)7-4-8-27-15-17-13-19(23)21(31(24,29)30)14-18(17)22(27)28/h2-3,5-6,13-14H,4,7-12,15H2,1H3,(H2,24,29,30). The van der Waals surface area contributed by atoms with Crippen LogP contribution in [0.25, 0.3) is 0 Å². The third-order valence-corrected chi connectivity index (χ3v) is 7.45. The number of carbonyl (C=O) groups excluding carboxylic acids is 1. The van der Waals surface area contributed by atoms with Crippen LogP contribution < -0.4 is 10.0 Å². The first kappa shape index (κ1) is 22.1. The Morgan fingerprint density at radius 1 is 1.06 bits per heavy atom. The molecule has 0 spiro atoms. The SMILES string of the molecule is Cc1ccccc1N1CCN(CCCN2Cc3cc(Cl)c(S(N)(=O)=O)cc3C2=O)CC1. The molecule has 1 amide bonds. The monoisotopic (exact) mass is 462 g/mol. The van der Waals surface area contributed by atoms with Gasteiger partial charge >= 0.3 is 0 Å². The van der Waals surface area contributed by atoms with Gasteiger partial charge in [0.05, 0.1) is 5.02 Å². The lowest BCUT2D eigenvalue weighted by Gasteiger charge is -2.37. The van der Waals surface area contributed by atoms with Crippen molar-refractivity contribution in [1.29, 1.82) is 0 Å². The van der Waals surface area contributed by atoms with Crippen LogP contribution in [0.1, 0.15) is 27.9 Å². The first-order chi connectivity index (χ1) is 14.7. The molecule has 1 saturated heterocycles. The number of piperazine rings is 1. The number of anilines is 1. The van der Waals surface area contributed by atoms with Gasteiger partial charge in [-0.15, -0.1) is 0 Å². The molecule has 2 aromatic rings. The molecular formula is C22H27ClN4O3S. The summed E-state index contributed by atoms with van der Waals surface area (Å²) in [6.45, 7) is 8.11. The average molecular weight is 463 g/mol. The van der Waals surface area contributed by atoms with Crippen LogP contribution in [0.5, 0.6) is 0 Å². The first-order valence-electron chi connectivity index (χ1n) is 10.4. The Labute approximate surface area is 188 Å². The number of nitrogens with zero attached hydrogens (tertiary/aromatic N) is 3. The predicted octanol–water partition coefficient (Wildman–Crippen LogP) is 2.46. The second-order valence-electron chi connectivity index (χ2n) is 8.18. The maximum Gasteiger partial charge on any atom is 0.254 e. The molecule has 31 heavy (non-hydrogen) atoms. The number of carbonyl (C=O) groups is 1. The summed E-state index contributed by atoms with van der Waals surface area (Å²) < 4.78 is 23.4. The van der Waals surface area contributed by atoms with Crippen molar-refractivity contribution in [1.82, 2.24) is 9.80 Å². The van der Waals surface area contributed by atoms with Crippen molar-refractivity contribution in [2.45, 2.75) is 24.8 Å². The fraction of sp³-hybridized carbons (Fsp3) is 0.409. The molecule has 1 fully saturated rings. The molecule has 4 rings (SSSR count). The van der Waals surface area contributed by atoms with E-state index in [9.17, 15) is 13.2 Å². The summed E-state index contributed by atoms with van der Waals surface area (Å²) in [6, 6.07) is 11.3. The number of benzene rings is 2. The lowest BCUT2D eigenvalue weighted by Crippen LogP contribution is -2.47. The number of hydrogen-bond donors (Lipinski definition) is 1. The zero-order valence-corrected chi connectivity index (χ0v) is 19.1. The van der Waals surface area contributed by atoms with Gasteiger partial charge in [0.2, 0.25) is 10.0 Å². The molecule has 2 aliphatic rings. The van der Waals surface area contributed by atoms with E-state index in [1.54, 1.807) is 11.0 Å². The number of aryl methyl sites for hydroxylation is 1. The Kier molecular flexibility index (Phi) is 6.25. The fourth-order valence-electron chi connectivity index (χ4n) is 4.39. The van der Waals surface area contributed by atoms with Gasteiger partial charge in [0.15, 0.2) is 0 Å². The molecule has 0 aliphatic carbocycles. The van der Waals surface area contributed by atoms with Crippen LogP contribution in [0, 0.1) is 6.92 Å². The van der Waals surface area contributed by atoms with E-state index >= 15 is 0 Å². The molecule has 0 bridgehead atoms. The fourth-order valence-corrected chi connectivity index (χ4v) is 5.51. The van der Waals surface area contributed by atoms with Gasteiger partial charge in [-0.2, -0.15) is 0 Å². The van der Waals surface area contributed by atoms with Gasteiger partial charge in [-0.05, 0) is 49.2 Å². The molecule has 2 aromatic carbocycles. The maximum absolute atomic E-state index is 12.7. The van der Waals surface area contributed by atoms with E-state index in [0.29, 0.717) is 18.7 Å². The van der Waals surface area contributed by atoms with E-state index in [1.807, 2.05) is 0 Å². The van der Waals surface area contributed by atoms with Crippen molar-refractivity contribution in [3.63, 3.8) is 0 Å². The largest absolute Gasteiger partial charge is 0.369 e. The van der Waals surface area contributed by atoms with Gasteiger partial charge in [0, 0.05) is 50.5 Å². The summed E-state index contributed by atoms with van der Waals surface area (Å²) in [5.41, 5.74) is 3.73. The highest BCUT2D eigenvalue weighted by molar-refractivity contribution is 7.89. The Bertz CT molecular complexity index is 1100. The number of sulfonamides is 1. The van der Waals surface area contributed by atoms with Gasteiger partial charge in [0.1, 0.15) is 4.90 Å². The molecule has 2 aliphatic heterocycles. The summed E-state index contributed by atoms with van der Waals surface area (Å²) in [7, 11) is -3.97. The number of amides is 1. The van der Waals surface area contributed by atoms with Crippen LogP contribution in [-0.2, 0) is 16.6 Å². The van der Waals surface area contributed by atoms with Gasteiger partial charge in [0.25, 0.3) is 5.91 Å². The summed E-state index contributed by atoms with van der Waals surface area (Å²) in [6.07, 6.45) is 0.861. The highest BCUT2D eigenvalue weighted by Crippen LogP contribution is 2.31. The molecule has 0 atom stereocenters. The predicted molar refractivity (Wildman–Crippen MR) is 122 cm³/mol. The molecule has 2 heterocycles. The smallest absolute Gasteiger partial charge is 0.254 e. The summed E-state index contributed by atoms with van der Waals surface area (Å²) in [5.74, 6) is -0.166. The first-order valence-corrected chi connectivity index (χ1v) is 12.3. The van der Waals surface area contributed by atoms with E-state index in [0.717, 1.165) is 44.7 Å². The number of nitrogens with two attached hydrogens (primary N) is 1. The third kappa shape index (κ3) is 4.72. The van der Waals surface area contributed by atoms with E-state index in [-0.39, 0.29) is 15.8 Å². The Morgan fingerprint density at radius 3 is 2.45 bits per heavy atom. The number of halogens is 1. The Hall–Kier alpha value is -2.13. The topological polar surface area (TPSA) is 86.9 Å². The summed E-state index contributed by atoms with van der Waals surface area (Å²) in [4.78, 5) is 19.1. The minimum Gasteiger partial charge on any atom is -0.369 e. The molecule has 0 aromatic heterocycles. The lowest BCUT2D eigenvalue weighted by atomic mass is 10.1. The third-order valence-electron chi connectivity index (χ3n) is 6.07. The highest BCUT2D eigenvalue weighted by Gasteiger charge is 2.30. The molecule has 0 radical (unpaired) electrons. The van der Waals surface area contributed by atoms with Crippen LogP contribution in [0.4, 0.5) is 5.69 Å². The molecule has 0 saturated carbocycles. The van der Waals surface area contributed by atoms with Crippen molar-refractivity contribution in [3.05, 3.63) is 58.1 Å². The Morgan fingerprint density at radius 2 is 1.77 bits per heavy atom. The van der Waals surface area contributed by atoms with Crippen molar-refractivity contribution in [2.75, 3.05) is 44.2 Å². The van der Waals surface area contributed by atoms with Gasteiger partial charge in [-0.25, -0.2) is 13.6 Å².